The van der Waals surface area contributed by atoms with E-state index in [9.17, 15) is 9.59 Å². The van der Waals surface area contributed by atoms with Gasteiger partial charge in [0, 0.05) is 49.5 Å². The average molecular weight is 408 g/mol. The van der Waals surface area contributed by atoms with Crippen LogP contribution in [0, 0.1) is 0 Å². The second kappa shape index (κ2) is 9.87. The number of ether oxygens (including phenoxy) is 1. The molecular weight excluding hydrogens is 378 g/mol. The van der Waals surface area contributed by atoms with Crippen molar-refractivity contribution in [3.8, 4) is 0 Å². The SMILES string of the molecule is O=C(Nc1cccc(C(=O)N2CCCCC2)c1)c1cccc(CN2CCOCC2)c1. The first kappa shape index (κ1) is 20.6. The number of amides is 2. The molecule has 2 aromatic carbocycles. The maximum absolute atomic E-state index is 12.8. The van der Waals surface area contributed by atoms with Gasteiger partial charge < -0.3 is 15.0 Å². The highest BCUT2D eigenvalue weighted by Gasteiger charge is 2.19. The zero-order valence-electron chi connectivity index (χ0n) is 17.3. The smallest absolute Gasteiger partial charge is 0.255 e. The van der Waals surface area contributed by atoms with Crippen LogP contribution in [-0.2, 0) is 11.3 Å². The topological polar surface area (TPSA) is 61.9 Å². The van der Waals surface area contributed by atoms with E-state index in [0.29, 0.717) is 16.8 Å². The molecular formula is C24H29N3O3. The summed E-state index contributed by atoms with van der Waals surface area (Å²) in [5, 5.41) is 2.94. The number of carbonyl (C=O) groups excluding carboxylic acids is 2. The molecule has 0 aliphatic carbocycles. The Balaban J connectivity index is 1.41. The molecule has 0 saturated carbocycles. The number of morpholine rings is 1. The minimum atomic E-state index is -0.165. The zero-order chi connectivity index (χ0) is 20.8. The standard InChI is InChI=1S/C24H29N3O3/c28-23(20-7-4-6-19(16-20)18-26-12-14-30-15-13-26)25-22-9-5-8-21(17-22)24(29)27-10-2-1-3-11-27/h4-9,16-17H,1-3,10-15,18H2,(H,25,28). The highest BCUT2D eigenvalue weighted by atomic mass is 16.5. The summed E-state index contributed by atoms with van der Waals surface area (Å²) in [6.45, 7) is 5.77. The van der Waals surface area contributed by atoms with Gasteiger partial charge in [0.25, 0.3) is 11.8 Å². The molecule has 0 radical (unpaired) electrons. The van der Waals surface area contributed by atoms with Crippen LogP contribution >= 0.6 is 0 Å². The average Bonchev–Trinajstić information content (AvgIpc) is 2.80. The van der Waals surface area contributed by atoms with Gasteiger partial charge in [-0.25, -0.2) is 0 Å². The number of piperidine rings is 1. The molecule has 0 bridgehead atoms. The highest BCUT2D eigenvalue weighted by Crippen LogP contribution is 2.18. The zero-order valence-corrected chi connectivity index (χ0v) is 17.3. The van der Waals surface area contributed by atoms with Crippen LogP contribution in [0.2, 0.25) is 0 Å². The molecule has 2 aliphatic heterocycles. The maximum Gasteiger partial charge on any atom is 0.255 e. The van der Waals surface area contributed by atoms with Crippen LogP contribution in [0.5, 0.6) is 0 Å². The summed E-state index contributed by atoms with van der Waals surface area (Å²) < 4.78 is 5.40. The first-order chi connectivity index (χ1) is 14.7. The molecule has 0 atom stereocenters. The fourth-order valence-electron chi connectivity index (χ4n) is 4.04. The molecule has 30 heavy (non-hydrogen) atoms. The number of nitrogens with zero attached hydrogens (tertiary/aromatic N) is 2. The third-order valence-corrected chi connectivity index (χ3v) is 5.71. The predicted octanol–water partition coefficient (Wildman–Crippen LogP) is 3.40. The molecule has 2 fully saturated rings. The summed E-state index contributed by atoms with van der Waals surface area (Å²) in [6.07, 6.45) is 3.30. The summed E-state index contributed by atoms with van der Waals surface area (Å²) in [7, 11) is 0. The summed E-state index contributed by atoms with van der Waals surface area (Å²) in [6, 6.07) is 15.0. The maximum atomic E-state index is 12.8. The van der Waals surface area contributed by atoms with E-state index >= 15 is 0 Å². The van der Waals surface area contributed by atoms with Gasteiger partial charge in [-0.1, -0.05) is 18.2 Å². The van der Waals surface area contributed by atoms with Crippen molar-refractivity contribution in [2.24, 2.45) is 0 Å². The number of carbonyl (C=O) groups is 2. The number of benzene rings is 2. The van der Waals surface area contributed by atoms with E-state index < -0.39 is 0 Å². The van der Waals surface area contributed by atoms with Crippen molar-refractivity contribution < 1.29 is 14.3 Å². The number of likely N-dealkylation sites (tertiary alicyclic amines) is 1. The molecule has 0 aromatic heterocycles. The van der Waals surface area contributed by atoms with E-state index in [1.807, 2.05) is 47.4 Å². The van der Waals surface area contributed by atoms with E-state index in [2.05, 4.69) is 10.2 Å². The second-order valence-corrected chi connectivity index (χ2v) is 7.98. The Morgan fingerprint density at radius 3 is 2.40 bits per heavy atom. The van der Waals surface area contributed by atoms with E-state index in [1.165, 1.54) is 6.42 Å². The van der Waals surface area contributed by atoms with Crippen molar-refractivity contribution in [3.63, 3.8) is 0 Å². The van der Waals surface area contributed by atoms with Crippen LogP contribution in [0.15, 0.2) is 48.5 Å². The molecule has 2 amide bonds. The Labute approximate surface area is 177 Å². The summed E-state index contributed by atoms with van der Waals surface area (Å²) >= 11 is 0. The monoisotopic (exact) mass is 407 g/mol. The van der Waals surface area contributed by atoms with E-state index in [1.54, 1.807) is 6.07 Å². The van der Waals surface area contributed by atoms with Gasteiger partial charge in [0.05, 0.1) is 13.2 Å². The first-order valence-electron chi connectivity index (χ1n) is 10.8. The lowest BCUT2D eigenvalue weighted by atomic mass is 10.1. The lowest BCUT2D eigenvalue weighted by Gasteiger charge is -2.27. The van der Waals surface area contributed by atoms with Gasteiger partial charge in [-0.15, -0.1) is 0 Å². The van der Waals surface area contributed by atoms with Gasteiger partial charge in [-0.3, -0.25) is 14.5 Å². The Kier molecular flexibility index (Phi) is 6.77. The second-order valence-electron chi connectivity index (χ2n) is 7.98. The van der Waals surface area contributed by atoms with Crippen molar-refractivity contribution in [1.82, 2.24) is 9.80 Å². The lowest BCUT2D eigenvalue weighted by molar-refractivity contribution is 0.0342. The van der Waals surface area contributed by atoms with Crippen molar-refractivity contribution >= 4 is 17.5 Å². The van der Waals surface area contributed by atoms with Gasteiger partial charge >= 0.3 is 0 Å². The van der Waals surface area contributed by atoms with Gasteiger partial charge in [0.2, 0.25) is 0 Å². The van der Waals surface area contributed by atoms with Gasteiger partial charge in [-0.2, -0.15) is 0 Å². The van der Waals surface area contributed by atoms with Crippen LogP contribution < -0.4 is 5.32 Å². The fraction of sp³-hybridized carbons (Fsp3) is 0.417. The largest absolute Gasteiger partial charge is 0.379 e. The molecule has 2 aromatic rings. The Hall–Kier alpha value is -2.70. The summed E-state index contributed by atoms with van der Waals surface area (Å²) in [5.74, 6) is -0.125. The molecule has 2 heterocycles. The molecule has 2 saturated heterocycles. The molecule has 0 unspecified atom stereocenters. The minimum absolute atomic E-state index is 0.0401. The number of rotatable bonds is 5. The minimum Gasteiger partial charge on any atom is -0.379 e. The van der Waals surface area contributed by atoms with E-state index in [-0.39, 0.29) is 11.8 Å². The van der Waals surface area contributed by atoms with Crippen LogP contribution in [0.25, 0.3) is 0 Å². The van der Waals surface area contributed by atoms with Crippen LogP contribution in [0.3, 0.4) is 0 Å². The number of nitrogens with one attached hydrogen (secondary N) is 1. The molecule has 4 rings (SSSR count). The highest BCUT2D eigenvalue weighted by molar-refractivity contribution is 6.05. The van der Waals surface area contributed by atoms with Crippen molar-refractivity contribution in [2.45, 2.75) is 25.8 Å². The number of hydrogen-bond donors (Lipinski definition) is 1. The predicted molar refractivity (Wildman–Crippen MR) is 117 cm³/mol. The number of anilines is 1. The third kappa shape index (κ3) is 5.26. The van der Waals surface area contributed by atoms with Gasteiger partial charge in [0.1, 0.15) is 0 Å². The summed E-state index contributed by atoms with van der Waals surface area (Å²) in [4.78, 5) is 29.8. The quantitative estimate of drug-likeness (QED) is 0.825. The van der Waals surface area contributed by atoms with Gasteiger partial charge in [0.15, 0.2) is 0 Å². The molecule has 6 nitrogen and oxygen atoms in total. The first-order valence-corrected chi connectivity index (χ1v) is 10.8. The fourth-order valence-corrected chi connectivity index (χ4v) is 4.04. The number of hydrogen-bond acceptors (Lipinski definition) is 4. The molecule has 1 N–H and O–H groups in total. The van der Waals surface area contributed by atoms with Crippen LogP contribution in [0.1, 0.15) is 45.5 Å². The Morgan fingerprint density at radius 2 is 1.60 bits per heavy atom. The lowest BCUT2D eigenvalue weighted by Crippen LogP contribution is -2.35. The Morgan fingerprint density at radius 1 is 0.867 bits per heavy atom. The van der Waals surface area contributed by atoms with E-state index in [4.69, 9.17) is 4.74 Å². The van der Waals surface area contributed by atoms with Crippen molar-refractivity contribution in [1.29, 1.82) is 0 Å². The van der Waals surface area contributed by atoms with Crippen LogP contribution in [-0.4, -0.2) is 61.0 Å². The Bertz CT molecular complexity index is 887. The van der Waals surface area contributed by atoms with Crippen molar-refractivity contribution in [3.05, 3.63) is 65.2 Å². The summed E-state index contributed by atoms with van der Waals surface area (Å²) in [5.41, 5.74) is 2.99. The van der Waals surface area contributed by atoms with Crippen molar-refractivity contribution in [2.75, 3.05) is 44.7 Å². The third-order valence-electron chi connectivity index (χ3n) is 5.71. The molecule has 158 valence electrons. The van der Waals surface area contributed by atoms with E-state index in [0.717, 1.165) is 64.3 Å². The molecule has 6 heteroatoms. The van der Waals surface area contributed by atoms with Crippen LogP contribution in [0.4, 0.5) is 5.69 Å². The molecule has 0 spiro atoms. The normalized spacial score (nSPS) is 17.5. The van der Waals surface area contributed by atoms with Gasteiger partial charge in [-0.05, 0) is 55.2 Å². The molecule has 2 aliphatic rings.